The number of carbonyl (C=O) groups is 1. The molecule has 3 aromatic carbocycles. The van der Waals surface area contributed by atoms with Crippen LogP contribution in [0.15, 0.2) is 78.9 Å². The summed E-state index contributed by atoms with van der Waals surface area (Å²) in [7, 11) is 0. The van der Waals surface area contributed by atoms with Gasteiger partial charge < -0.3 is 14.8 Å². The van der Waals surface area contributed by atoms with Crippen molar-refractivity contribution >= 4 is 5.91 Å². The number of hydrogen-bond acceptors (Lipinski definition) is 5. The average Bonchev–Trinajstić information content (AvgIpc) is 2.93. The Kier molecular flexibility index (Phi) is 11.4. The van der Waals surface area contributed by atoms with E-state index >= 15 is 0 Å². The number of rotatable bonds is 15. The van der Waals surface area contributed by atoms with Crippen molar-refractivity contribution < 1.29 is 32.6 Å². The summed E-state index contributed by atoms with van der Waals surface area (Å²) in [6.45, 7) is 2.16. The van der Waals surface area contributed by atoms with Crippen LogP contribution >= 0.6 is 0 Å². The first-order chi connectivity index (χ1) is 18.4. The Labute approximate surface area is 220 Å². The minimum absolute atomic E-state index is 0.273. The summed E-state index contributed by atoms with van der Waals surface area (Å²) in [5.41, 5.74) is 2.22. The maximum Gasteiger partial charge on any atom is 0.416 e. The van der Waals surface area contributed by atoms with E-state index in [1.54, 1.807) is 29.7 Å². The summed E-state index contributed by atoms with van der Waals surface area (Å²) in [6, 6.07) is 21.0. The molecule has 0 heterocycles. The van der Waals surface area contributed by atoms with Crippen LogP contribution in [0.25, 0.3) is 0 Å². The van der Waals surface area contributed by atoms with Gasteiger partial charge in [-0.2, -0.15) is 13.2 Å². The zero-order chi connectivity index (χ0) is 27.2. The molecular weight excluding hydrogens is 497 g/mol. The van der Waals surface area contributed by atoms with Gasteiger partial charge in [-0.25, -0.2) is 5.48 Å². The summed E-state index contributed by atoms with van der Waals surface area (Å²) in [5, 5.41) is 12.1. The van der Waals surface area contributed by atoms with Crippen molar-refractivity contribution in [1.29, 1.82) is 0 Å². The van der Waals surface area contributed by atoms with Gasteiger partial charge in [-0.1, -0.05) is 43.2 Å². The number of unbranched alkanes of at least 4 members (excludes halogenated alkanes) is 3. The highest BCUT2D eigenvalue weighted by Crippen LogP contribution is 2.31. The van der Waals surface area contributed by atoms with Crippen molar-refractivity contribution in [2.45, 2.75) is 44.4 Å². The molecule has 0 bridgehead atoms. The number of alkyl halides is 3. The van der Waals surface area contributed by atoms with Crippen molar-refractivity contribution in [3.05, 3.63) is 95.6 Å². The highest BCUT2D eigenvalue weighted by Gasteiger charge is 2.30. The van der Waals surface area contributed by atoms with Crippen molar-refractivity contribution in [3.8, 4) is 11.5 Å². The van der Waals surface area contributed by atoms with Crippen LogP contribution in [0, 0.1) is 0 Å². The second-order valence-electron chi connectivity index (χ2n) is 8.81. The lowest BCUT2D eigenvalue weighted by Gasteiger charge is -2.20. The molecule has 1 atom stereocenters. The zero-order valence-corrected chi connectivity index (χ0v) is 21.0. The molecule has 0 spiro atoms. The molecule has 0 aliphatic rings. The SMILES string of the molecule is O=C(NO)c1ccc(OCCCCCCNCCC(Oc2ccc(C(F)(F)F)cc2)c2ccccc2)cc1. The Balaban J connectivity index is 1.32. The van der Waals surface area contributed by atoms with E-state index in [4.69, 9.17) is 14.7 Å². The normalized spacial score (nSPS) is 12.1. The van der Waals surface area contributed by atoms with Crippen molar-refractivity contribution in [2.75, 3.05) is 19.7 Å². The molecule has 3 aromatic rings. The summed E-state index contributed by atoms with van der Waals surface area (Å²) < 4.78 is 50.3. The third-order valence-electron chi connectivity index (χ3n) is 5.95. The van der Waals surface area contributed by atoms with E-state index in [1.807, 2.05) is 30.3 Å². The van der Waals surface area contributed by atoms with Gasteiger partial charge in [0.2, 0.25) is 0 Å². The molecule has 0 fully saturated rings. The fourth-order valence-corrected chi connectivity index (χ4v) is 3.87. The van der Waals surface area contributed by atoms with E-state index in [9.17, 15) is 18.0 Å². The number of nitrogens with one attached hydrogen (secondary N) is 2. The molecule has 38 heavy (non-hydrogen) atoms. The van der Waals surface area contributed by atoms with Crippen LogP contribution in [0.2, 0.25) is 0 Å². The predicted octanol–water partition coefficient (Wildman–Crippen LogP) is 6.56. The minimum atomic E-state index is -4.37. The van der Waals surface area contributed by atoms with Gasteiger partial charge >= 0.3 is 6.18 Å². The molecule has 1 unspecified atom stereocenters. The molecule has 0 radical (unpaired) electrons. The maximum atomic E-state index is 12.8. The first-order valence-corrected chi connectivity index (χ1v) is 12.6. The smallest absolute Gasteiger partial charge is 0.416 e. The van der Waals surface area contributed by atoms with Crippen LogP contribution in [0.5, 0.6) is 11.5 Å². The molecule has 0 aromatic heterocycles. The topological polar surface area (TPSA) is 79.8 Å². The van der Waals surface area contributed by atoms with Crippen LogP contribution in [-0.2, 0) is 6.18 Å². The molecule has 3 N–H and O–H groups in total. The second-order valence-corrected chi connectivity index (χ2v) is 8.81. The van der Waals surface area contributed by atoms with Crippen molar-refractivity contribution in [1.82, 2.24) is 10.8 Å². The van der Waals surface area contributed by atoms with Crippen LogP contribution in [0.4, 0.5) is 13.2 Å². The van der Waals surface area contributed by atoms with E-state index < -0.39 is 17.6 Å². The van der Waals surface area contributed by atoms with Crippen LogP contribution in [0.1, 0.15) is 59.7 Å². The lowest BCUT2D eigenvalue weighted by Crippen LogP contribution is -2.21. The summed E-state index contributed by atoms with van der Waals surface area (Å²) >= 11 is 0. The molecule has 0 aliphatic carbocycles. The first kappa shape index (κ1) is 29.0. The number of amides is 1. The third-order valence-corrected chi connectivity index (χ3v) is 5.95. The molecule has 1 amide bonds. The van der Waals surface area contributed by atoms with Crippen molar-refractivity contribution in [3.63, 3.8) is 0 Å². The Morgan fingerprint density at radius 2 is 1.47 bits per heavy atom. The molecular formula is C29H33F3N2O4. The van der Waals surface area contributed by atoms with Crippen LogP contribution in [0.3, 0.4) is 0 Å². The molecule has 0 aliphatic heterocycles. The van der Waals surface area contributed by atoms with E-state index in [-0.39, 0.29) is 6.10 Å². The minimum Gasteiger partial charge on any atom is -0.494 e. The van der Waals surface area contributed by atoms with Gasteiger partial charge in [0.1, 0.15) is 17.6 Å². The first-order valence-electron chi connectivity index (χ1n) is 12.6. The molecule has 6 nitrogen and oxygen atoms in total. The fourth-order valence-electron chi connectivity index (χ4n) is 3.87. The number of carbonyl (C=O) groups excluding carboxylic acids is 1. The average molecular weight is 531 g/mol. The summed E-state index contributed by atoms with van der Waals surface area (Å²) in [4.78, 5) is 11.3. The Hall–Kier alpha value is -3.56. The number of halogens is 3. The Morgan fingerprint density at radius 3 is 2.13 bits per heavy atom. The number of ether oxygens (including phenoxy) is 2. The summed E-state index contributed by atoms with van der Waals surface area (Å²) in [6.07, 6.45) is 0.0353. The fraction of sp³-hybridized carbons (Fsp3) is 0.345. The number of hydroxylamine groups is 1. The lowest BCUT2D eigenvalue weighted by molar-refractivity contribution is -0.137. The molecule has 0 saturated heterocycles. The van der Waals surface area contributed by atoms with E-state index in [1.165, 1.54) is 12.1 Å². The van der Waals surface area contributed by atoms with Gasteiger partial charge in [0.05, 0.1) is 12.2 Å². The van der Waals surface area contributed by atoms with E-state index in [0.29, 0.717) is 36.6 Å². The zero-order valence-electron chi connectivity index (χ0n) is 21.0. The monoisotopic (exact) mass is 530 g/mol. The van der Waals surface area contributed by atoms with Gasteiger partial charge in [0, 0.05) is 12.0 Å². The van der Waals surface area contributed by atoms with Gasteiger partial charge in [0.15, 0.2) is 0 Å². The van der Waals surface area contributed by atoms with E-state index in [2.05, 4.69) is 5.32 Å². The van der Waals surface area contributed by atoms with Gasteiger partial charge in [-0.05, 0) is 80.0 Å². The Bertz CT molecular complexity index is 1090. The third kappa shape index (κ3) is 9.72. The summed E-state index contributed by atoms with van der Waals surface area (Å²) in [5.74, 6) is 0.515. The molecule has 9 heteroatoms. The van der Waals surface area contributed by atoms with E-state index in [0.717, 1.165) is 49.9 Å². The van der Waals surface area contributed by atoms with Crippen LogP contribution < -0.4 is 20.3 Å². The van der Waals surface area contributed by atoms with Gasteiger partial charge in [0.25, 0.3) is 5.91 Å². The standard InChI is InChI=1S/C29H33F3N2O4/c30-29(31,32)24-12-16-26(17-13-24)38-27(22-8-4-3-5-9-22)18-20-33-19-6-1-2-7-21-37-25-14-10-23(11-15-25)28(35)34-36/h3-5,8-17,27,33,36H,1-2,6-7,18-21H2,(H,34,35). The van der Waals surface area contributed by atoms with Gasteiger partial charge in [-0.15, -0.1) is 0 Å². The highest BCUT2D eigenvalue weighted by atomic mass is 19.4. The second kappa shape index (κ2) is 15.0. The number of hydrogen-bond donors (Lipinski definition) is 3. The molecule has 0 saturated carbocycles. The predicted molar refractivity (Wildman–Crippen MR) is 138 cm³/mol. The molecule has 3 rings (SSSR count). The maximum absolute atomic E-state index is 12.8. The molecule has 204 valence electrons. The lowest BCUT2D eigenvalue weighted by atomic mass is 10.1. The van der Waals surface area contributed by atoms with Crippen LogP contribution in [-0.4, -0.2) is 30.8 Å². The van der Waals surface area contributed by atoms with Crippen molar-refractivity contribution in [2.24, 2.45) is 0 Å². The highest BCUT2D eigenvalue weighted by molar-refractivity contribution is 5.93. The quantitative estimate of drug-likeness (QED) is 0.118. The Morgan fingerprint density at radius 1 is 0.816 bits per heavy atom. The van der Waals surface area contributed by atoms with Gasteiger partial charge in [-0.3, -0.25) is 10.0 Å². The number of benzene rings is 3. The largest absolute Gasteiger partial charge is 0.494 e.